The molecule has 0 amide bonds. The molecule has 0 saturated carbocycles. The van der Waals surface area contributed by atoms with Gasteiger partial charge in [0.1, 0.15) is 12.4 Å². The fourth-order valence-corrected chi connectivity index (χ4v) is 3.82. The summed E-state index contributed by atoms with van der Waals surface area (Å²) in [5, 5.41) is 2.13. The maximum absolute atomic E-state index is 11.7. The van der Waals surface area contributed by atoms with E-state index in [1.54, 1.807) is 6.07 Å². The van der Waals surface area contributed by atoms with Crippen LogP contribution in [0.25, 0.3) is 21.8 Å². The molecule has 158 valence electrons. The number of pyridine rings is 1. The van der Waals surface area contributed by atoms with Crippen molar-refractivity contribution in [1.29, 1.82) is 0 Å². The van der Waals surface area contributed by atoms with Crippen LogP contribution in [0.2, 0.25) is 0 Å². The Hall–Kier alpha value is -4.12. The number of nitrogens with zero attached hydrogens (tertiary/aromatic N) is 2. The molecule has 0 radical (unpaired) electrons. The molecule has 5 aromatic rings. The number of hydrogen-bond acceptors (Lipinski definition) is 4. The van der Waals surface area contributed by atoms with Gasteiger partial charge in [-0.15, -0.1) is 0 Å². The summed E-state index contributed by atoms with van der Waals surface area (Å²) in [4.78, 5) is 16.4. The summed E-state index contributed by atoms with van der Waals surface area (Å²) in [6, 6.07) is 27.8. The third-order valence-electron chi connectivity index (χ3n) is 5.51. The van der Waals surface area contributed by atoms with E-state index in [1.165, 1.54) is 7.11 Å². The van der Waals surface area contributed by atoms with Crippen molar-refractivity contribution in [3.63, 3.8) is 0 Å². The molecular weight excluding hydrogens is 400 g/mol. The van der Waals surface area contributed by atoms with Crippen LogP contribution in [0.4, 0.5) is 0 Å². The highest BCUT2D eigenvalue weighted by Gasteiger charge is 2.09. The summed E-state index contributed by atoms with van der Waals surface area (Å²) >= 11 is 0. The topological polar surface area (TPSA) is 53.4 Å². The van der Waals surface area contributed by atoms with Crippen LogP contribution < -0.4 is 4.74 Å². The van der Waals surface area contributed by atoms with Gasteiger partial charge in [0.25, 0.3) is 0 Å². The van der Waals surface area contributed by atoms with Crippen LogP contribution in [0, 0.1) is 0 Å². The molecule has 5 heteroatoms. The zero-order chi connectivity index (χ0) is 21.9. The van der Waals surface area contributed by atoms with Gasteiger partial charge in [-0.2, -0.15) is 0 Å². The van der Waals surface area contributed by atoms with Crippen LogP contribution >= 0.6 is 0 Å². The molecule has 3 aromatic carbocycles. The minimum Gasteiger partial charge on any atom is -0.487 e. The number of benzene rings is 3. The van der Waals surface area contributed by atoms with Gasteiger partial charge in [-0.05, 0) is 54.1 Å². The van der Waals surface area contributed by atoms with Gasteiger partial charge in [0, 0.05) is 29.0 Å². The fraction of sp³-hybridized carbons (Fsp3) is 0.111. The van der Waals surface area contributed by atoms with E-state index in [1.807, 2.05) is 60.8 Å². The molecule has 5 nitrogen and oxygen atoms in total. The van der Waals surface area contributed by atoms with Crippen molar-refractivity contribution in [2.24, 2.45) is 0 Å². The molecule has 2 aromatic heterocycles. The van der Waals surface area contributed by atoms with Crippen molar-refractivity contribution in [3.8, 4) is 5.75 Å². The number of aromatic nitrogens is 2. The first-order chi connectivity index (χ1) is 15.7. The van der Waals surface area contributed by atoms with E-state index in [2.05, 4.69) is 33.8 Å². The second-order valence-electron chi connectivity index (χ2n) is 7.64. The summed E-state index contributed by atoms with van der Waals surface area (Å²) in [7, 11) is 1.39. The van der Waals surface area contributed by atoms with Crippen molar-refractivity contribution in [2.45, 2.75) is 13.2 Å². The van der Waals surface area contributed by atoms with E-state index >= 15 is 0 Å². The molecule has 0 bridgehead atoms. The lowest BCUT2D eigenvalue weighted by Crippen LogP contribution is -2.02. The summed E-state index contributed by atoms with van der Waals surface area (Å²) in [5.74, 6) is 0.484. The first-order valence-electron chi connectivity index (χ1n) is 10.4. The zero-order valence-electron chi connectivity index (χ0n) is 17.7. The fourth-order valence-electron chi connectivity index (χ4n) is 3.82. The number of methoxy groups -OCH3 is 1. The number of esters is 1. The van der Waals surface area contributed by atoms with Gasteiger partial charge in [-0.25, -0.2) is 9.78 Å². The van der Waals surface area contributed by atoms with E-state index in [9.17, 15) is 4.79 Å². The Bertz CT molecular complexity index is 1400. The summed E-state index contributed by atoms with van der Waals surface area (Å²) in [6.07, 6.45) is 2.03. The van der Waals surface area contributed by atoms with Crippen molar-refractivity contribution in [2.75, 3.05) is 7.11 Å². The van der Waals surface area contributed by atoms with E-state index in [0.717, 1.165) is 45.4 Å². The van der Waals surface area contributed by atoms with Crippen LogP contribution in [0.5, 0.6) is 5.75 Å². The molecule has 0 unspecified atom stereocenters. The molecular formula is C27H22N2O3. The lowest BCUT2D eigenvalue weighted by atomic mass is 10.1. The molecule has 0 aliphatic heterocycles. The lowest BCUT2D eigenvalue weighted by Gasteiger charge is -2.09. The average molecular weight is 422 g/mol. The van der Waals surface area contributed by atoms with E-state index in [4.69, 9.17) is 9.47 Å². The van der Waals surface area contributed by atoms with Crippen molar-refractivity contribution in [3.05, 3.63) is 108 Å². The van der Waals surface area contributed by atoms with Gasteiger partial charge in [0.05, 0.1) is 23.9 Å². The first kappa shape index (κ1) is 19.8. The van der Waals surface area contributed by atoms with E-state index in [-0.39, 0.29) is 5.97 Å². The van der Waals surface area contributed by atoms with Gasteiger partial charge < -0.3 is 14.0 Å². The van der Waals surface area contributed by atoms with Crippen LogP contribution in [0.15, 0.2) is 91.1 Å². The SMILES string of the molecule is COC(=O)c1ccc2c(ccn2Cc2ccc(OCc3ccc4ccccc4n3)cc2)c1. The average Bonchev–Trinajstić information content (AvgIpc) is 3.24. The van der Waals surface area contributed by atoms with Gasteiger partial charge in [-0.1, -0.05) is 36.4 Å². The van der Waals surface area contributed by atoms with Crippen LogP contribution in [0.3, 0.4) is 0 Å². The Balaban J connectivity index is 1.26. The zero-order valence-corrected chi connectivity index (χ0v) is 17.7. The highest BCUT2D eigenvalue weighted by Crippen LogP contribution is 2.21. The van der Waals surface area contributed by atoms with Gasteiger partial charge in [-0.3, -0.25) is 0 Å². The summed E-state index contributed by atoms with van der Waals surface area (Å²) in [5.41, 5.74) is 4.66. The number of para-hydroxylation sites is 1. The third-order valence-corrected chi connectivity index (χ3v) is 5.51. The lowest BCUT2D eigenvalue weighted by molar-refractivity contribution is 0.0601. The maximum Gasteiger partial charge on any atom is 0.337 e. The third kappa shape index (κ3) is 4.05. The Morgan fingerprint density at radius 2 is 1.75 bits per heavy atom. The normalized spacial score (nSPS) is 11.0. The second kappa shape index (κ2) is 8.55. The molecule has 5 rings (SSSR count). The summed E-state index contributed by atoms with van der Waals surface area (Å²) < 4.78 is 12.9. The molecule has 0 fully saturated rings. The number of ether oxygens (including phenoxy) is 2. The van der Waals surface area contributed by atoms with Crippen LogP contribution in [-0.2, 0) is 17.9 Å². The Morgan fingerprint density at radius 3 is 2.59 bits per heavy atom. The minimum atomic E-state index is -0.325. The smallest absolute Gasteiger partial charge is 0.337 e. The van der Waals surface area contributed by atoms with Gasteiger partial charge >= 0.3 is 5.97 Å². The summed E-state index contributed by atoms with van der Waals surface area (Å²) in [6.45, 7) is 1.16. The number of hydrogen-bond donors (Lipinski definition) is 0. The standard InChI is InChI=1S/C27H22N2O3/c1-31-27(30)22-9-13-26-21(16-22)14-15-29(26)17-19-6-11-24(12-7-19)32-18-23-10-8-20-4-2-3-5-25(20)28-23/h2-16H,17-18H2,1H3. The molecule has 0 atom stereocenters. The van der Waals surface area contributed by atoms with Crippen LogP contribution in [0.1, 0.15) is 21.6 Å². The second-order valence-corrected chi connectivity index (χ2v) is 7.64. The number of carbonyl (C=O) groups is 1. The van der Waals surface area contributed by atoms with Gasteiger partial charge in [0.2, 0.25) is 0 Å². The van der Waals surface area contributed by atoms with Crippen molar-refractivity contribution >= 4 is 27.8 Å². The quantitative estimate of drug-likeness (QED) is 0.334. The van der Waals surface area contributed by atoms with Crippen molar-refractivity contribution < 1.29 is 14.3 Å². The number of rotatable bonds is 6. The molecule has 0 saturated heterocycles. The predicted molar refractivity (Wildman–Crippen MR) is 125 cm³/mol. The molecule has 0 aliphatic rings. The van der Waals surface area contributed by atoms with E-state index < -0.39 is 0 Å². The monoisotopic (exact) mass is 422 g/mol. The highest BCUT2D eigenvalue weighted by atomic mass is 16.5. The molecule has 0 spiro atoms. The van der Waals surface area contributed by atoms with E-state index in [0.29, 0.717) is 12.2 Å². The molecule has 0 aliphatic carbocycles. The van der Waals surface area contributed by atoms with Crippen LogP contribution in [-0.4, -0.2) is 22.6 Å². The minimum absolute atomic E-state index is 0.325. The van der Waals surface area contributed by atoms with Crippen molar-refractivity contribution in [1.82, 2.24) is 9.55 Å². The molecule has 32 heavy (non-hydrogen) atoms. The van der Waals surface area contributed by atoms with Gasteiger partial charge in [0.15, 0.2) is 0 Å². The largest absolute Gasteiger partial charge is 0.487 e. The first-order valence-corrected chi connectivity index (χ1v) is 10.4. The predicted octanol–water partition coefficient (Wildman–Crippen LogP) is 5.60. The molecule has 2 heterocycles. The Morgan fingerprint density at radius 1 is 0.906 bits per heavy atom. The Kier molecular flexibility index (Phi) is 5.30. The number of carbonyl (C=O) groups excluding carboxylic acids is 1. The highest BCUT2D eigenvalue weighted by molar-refractivity contribution is 5.94. The maximum atomic E-state index is 11.7. The Labute approximate surface area is 185 Å². The molecule has 0 N–H and O–H groups in total. The number of fused-ring (bicyclic) bond motifs is 2.